The number of aromatic nitrogens is 2. The van der Waals surface area contributed by atoms with Gasteiger partial charge in [-0.15, -0.1) is 11.3 Å². The Balaban J connectivity index is 1.27. The number of benzene rings is 2. The van der Waals surface area contributed by atoms with Crippen LogP contribution in [0.2, 0.25) is 5.02 Å². The van der Waals surface area contributed by atoms with Gasteiger partial charge in [0.1, 0.15) is 5.01 Å². The number of aryl methyl sites for hydroxylation is 1. The molecule has 0 radical (unpaired) electrons. The van der Waals surface area contributed by atoms with E-state index in [1.54, 1.807) is 12.3 Å². The van der Waals surface area contributed by atoms with Gasteiger partial charge in [0.2, 0.25) is 5.91 Å². The minimum absolute atomic E-state index is 0.00666. The molecule has 1 amide bonds. The molecule has 5 rings (SSSR count). The quantitative estimate of drug-likeness (QED) is 0.281. The van der Waals surface area contributed by atoms with E-state index in [4.69, 9.17) is 16.7 Å². The lowest BCUT2D eigenvalue weighted by molar-refractivity contribution is -0.153. The van der Waals surface area contributed by atoms with Gasteiger partial charge < -0.3 is 20.4 Å². The van der Waals surface area contributed by atoms with E-state index >= 15 is 0 Å². The van der Waals surface area contributed by atoms with Crippen molar-refractivity contribution in [3.63, 3.8) is 0 Å². The van der Waals surface area contributed by atoms with E-state index in [1.165, 1.54) is 27.6 Å². The molecule has 3 heterocycles. The molecular formula is C25H23ClN4O4S2. The number of aliphatic hydroxyl groups is 1. The Morgan fingerprint density at radius 1 is 1.19 bits per heavy atom. The molecule has 1 aliphatic heterocycles. The number of carbonyl (C=O) groups is 2. The van der Waals surface area contributed by atoms with Crippen LogP contribution in [0.1, 0.15) is 34.7 Å². The lowest BCUT2D eigenvalue weighted by Gasteiger charge is -2.32. The molecule has 0 unspecified atom stereocenters. The van der Waals surface area contributed by atoms with Crippen LogP contribution < -0.4 is 5.32 Å². The highest BCUT2D eigenvalue weighted by Gasteiger charge is 2.45. The van der Waals surface area contributed by atoms with Crippen molar-refractivity contribution in [2.45, 2.75) is 37.8 Å². The van der Waals surface area contributed by atoms with Crippen LogP contribution in [0.5, 0.6) is 0 Å². The first-order chi connectivity index (χ1) is 17.3. The number of carboxylic acid groups (broad SMARTS) is 1. The second-order valence-corrected chi connectivity index (χ2v) is 11.1. The van der Waals surface area contributed by atoms with E-state index in [2.05, 4.69) is 15.3 Å². The molecule has 2 aromatic carbocycles. The van der Waals surface area contributed by atoms with Gasteiger partial charge >= 0.3 is 5.97 Å². The number of nitrogens with one attached hydrogen (secondary N) is 1. The largest absolute Gasteiger partial charge is 0.481 e. The second kappa shape index (κ2) is 10.1. The van der Waals surface area contributed by atoms with Crippen molar-refractivity contribution in [2.75, 3.05) is 11.9 Å². The minimum Gasteiger partial charge on any atom is -0.481 e. The summed E-state index contributed by atoms with van der Waals surface area (Å²) in [5, 5.41) is 25.2. The smallest absolute Gasteiger partial charge is 0.303 e. The molecule has 0 saturated carbocycles. The molecule has 3 N–H and O–H groups in total. The van der Waals surface area contributed by atoms with Crippen LogP contribution in [0, 0.1) is 0 Å². The number of carboxylic acids is 1. The van der Waals surface area contributed by atoms with Crippen LogP contribution in [-0.4, -0.2) is 43.5 Å². The fraction of sp³-hybridized carbons (Fsp3) is 0.280. The predicted octanol–water partition coefficient (Wildman–Crippen LogP) is 5.18. The molecule has 4 aromatic rings. The van der Waals surface area contributed by atoms with Gasteiger partial charge in [-0.3, -0.25) is 9.59 Å². The Morgan fingerprint density at radius 2 is 2.03 bits per heavy atom. The van der Waals surface area contributed by atoms with Crippen molar-refractivity contribution >= 4 is 67.2 Å². The number of hydrogen-bond donors (Lipinski definition) is 3. The summed E-state index contributed by atoms with van der Waals surface area (Å²) in [6.45, 7) is 0.421. The van der Waals surface area contributed by atoms with Crippen LogP contribution in [-0.2, 0) is 28.2 Å². The van der Waals surface area contributed by atoms with E-state index in [9.17, 15) is 14.7 Å². The number of thiazole rings is 2. The number of aliphatic carboxylic acids is 1. The van der Waals surface area contributed by atoms with E-state index in [-0.39, 0.29) is 18.7 Å². The third-order valence-corrected chi connectivity index (χ3v) is 8.52. The fourth-order valence-corrected chi connectivity index (χ4v) is 6.44. The number of carbonyl (C=O) groups excluding carboxylic acids is 1. The van der Waals surface area contributed by atoms with Crippen molar-refractivity contribution in [3.05, 3.63) is 69.1 Å². The number of hydrogen-bond acceptors (Lipinski definition) is 8. The zero-order valence-corrected chi connectivity index (χ0v) is 21.5. The van der Waals surface area contributed by atoms with Gasteiger partial charge in [-0.05, 0) is 42.7 Å². The third-order valence-electron chi connectivity index (χ3n) is 6.06. The topological polar surface area (TPSA) is 116 Å². The molecular weight excluding hydrogens is 520 g/mol. The molecule has 1 fully saturated rings. The summed E-state index contributed by atoms with van der Waals surface area (Å²) in [7, 11) is 0. The highest BCUT2D eigenvalue weighted by Crippen LogP contribution is 2.39. The zero-order chi connectivity index (χ0) is 25.3. The van der Waals surface area contributed by atoms with Crippen molar-refractivity contribution in [1.29, 1.82) is 0 Å². The SMILES string of the molecule is O=C(O)CCc1cnc([C@@]2(O)CCCN2C(=O)Cc2ccc(Nc3nc4ccccc4s3)c(Cl)c2)s1. The number of fused-ring (bicyclic) bond motifs is 1. The van der Waals surface area contributed by atoms with Gasteiger partial charge in [0.25, 0.3) is 0 Å². The maximum absolute atomic E-state index is 13.2. The number of para-hydroxylation sites is 1. The van der Waals surface area contributed by atoms with E-state index in [1.807, 2.05) is 36.4 Å². The lowest BCUT2D eigenvalue weighted by Crippen LogP contribution is -2.45. The maximum atomic E-state index is 13.2. The molecule has 1 atom stereocenters. The van der Waals surface area contributed by atoms with Gasteiger partial charge in [-0.1, -0.05) is 41.1 Å². The normalized spacial score (nSPS) is 17.6. The molecule has 1 saturated heterocycles. The van der Waals surface area contributed by atoms with Crippen LogP contribution in [0.15, 0.2) is 48.7 Å². The monoisotopic (exact) mass is 542 g/mol. The number of rotatable bonds is 8. The van der Waals surface area contributed by atoms with Gasteiger partial charge in [-0.2, -0.15) is 0 Å². The van der Waals surface area contributed by atoms with Crippen molar-refractivity contribution in [3.8, 4) is 0 Å². The highest BCUT2D eigenvalue weighted by molar-refractivity contribution is 7.22. The second-order valence-electron chi connectivity index (χ2n) is 8.59. The van der Waals surface area contributed by atoms with E-state index < -0.39 is 11.7 Å². The van der Waals surface area contributed by atoms with Crippen LogP contribution in [0.25, 0.3) is 10.2 Å². The van der Waals surface area contributed by atoms with Gasteiger partial charge in [0.05, 0.1) is 33.8 Å². The van der Waals surface area contributed by atoms with Gasteiger partial charge in [-0.25, -0.2) is 9.97 Å². The number of nitrogens with zero attached hydrogens (tertiary/aromatic N) is 3. The summed E-state index contributed by atoms with van der Waals surface area (Å²) in [4.78, 5) is 35.2. The van der Waals surface area contributed by atoms with Crippen molar-refractivity contribution in [1.82, 2.24) is 14.9 Å². The summed E-state index contributed by atoms with van der Waals surface area (Å²) < 4.78 is 1.07. The Bertz CT molecular complexity index is 1410. The van der Waals surface area contributed by atoms with Crippen molar-refractivity contribution < 1.29 is 19.8 Å². The van der Waals surface area contributed by atoms with Gasteiger partial charge in [0.15, 0.2) is 10.9 Å². The third kappa shape index (κ3) is 5.08. The molecule has 11 heteroatoms. The summed E-state index contributed by atoms with van der Waals surface area (Å²) >= 11 is 9.30. The molecule has 36 heavy (non-hydrogen) atoms. The predicted molar refractivity (Wildman–Crippen MR) is 141 cm³/mol. The summed E-state index contributed by atoms with van der Waals surface area (Å²) in [5.41, 5.74) is 0.855. The van der Waals surface area contributed by atoms with E-state index in [0.717, 1.165) is 25.8 Å². The standard InChI is InChI=1S/C25H23ClN4O4S2/c26-17-12-15(6-8-18(17)28-24-29-19-4-1-2-5-20(19)36-24)13-21(31)30-11-3-10-25(30,34)23-27-14-16(35-23)7-9-22(32)33/h1-2,4-6,8,12,14,34H,3,7,9-11,13H2,(H,28,29)(H,32,33)/t25-/m0/s1. The van der Waals surface area contributed by atoms with E-state index in [0.29, 0.717) is 41.5 Å². The number of likely N-dealkylation sites (tertiary alicyclic amines) is 1. The Morgan fingerprint density at radius 3 is 2.81 bits per heavy atom. The zero-order valence-electron chi connectivity index (χ0n) is 19.1. The fourth-order valence-electron chi connectivity index (χ4n) is 4.28. The van der Waals surface area contributed by atoms with Crippen LogP contribution in [0.4, 0.5) is 10.8 Å². The summed E-state index contributed by atoms with van der Waals surface area (Å²) in [5.74, 6) is -1.11. The van der Waals surface area contributed by atoms with Crippen LogP contribution in [0.3, 0.4) is 0 Å². The molecule has 186 valence electrons. The molecule has 8 nitrogen and oxygen atoms in total. The Labute approximate surface area is 220 Å². The molecule has 2 aromatic heterocycles. The van der Waals surface area contributed by atoms with Gasteiger partial charge in [0, 0.05) is 24.0 Å². The van der Waals surface area contributed by atoms with Crippen molar-refractivity contribution in [2.24, 2.45) is 0 Å². The molecule has 0 spiro atoms. The maximum Gasteiger partial charge on any atom is 0.303 e. The summed E-state index contributed by atoms with van der Waals surface area (Å²) in [6, 6.07) is 13.3. The first kappa shape index (κ1) is 24.6. The highest BCUT2D eigenvalue weighted by atomic mass is 35.5. The summed E-state index contributed by atoms with van der Waals surface area (Å²) in [6.07, 6.45) is 3.04. The number of anilines is 2. The Hall–Kier alpha value is -3.05. The number of amides is 1. The lowest BCUT2D eigenvalue weighted by atomic mass is 10.1. The number of halogens is 1. The Kier molecular flexibility index (Phi) is 6.94. The molecule has 0 bridgehead atoms. The average molecular weight is 543 g/mol. The average Bonchev–Trinajstić information content (AvgIpc) is 3.57. The first-order valence-electron chi connectivity index (χ1n) is 11.4. The van der Waals surface area contributed by atoms with Crippen LogP contribution >= 0.6 is 34.3 Å². The first-order valence-corrected chi connectivity index (χ1v) is 13.4. The molecule has 1 aliphatic rings. The molecule has 0 aliphatic carbocycles. The minimum atomic E-state index is -1.48.